The van der Waals surface area contributed by atoms with E-state index in [0.717, 1.165) is 17.4 Å². The molecular formula is C18H20ClN5O7S2. The summed E-state index contributed by atoms with van der Waals surface area (Å²) in [6.07, 6.45) is 3.89. The van der Waals surface area contributed by atoms with Crippen molar-refractivity contribution in [2.24, 2.45) is 5.16 Å². The maximum atomic E-state index is 12.6. The van der Waals surface area contributed by atoms with Gasteiger partial charge in [-0.05, 0) is 6.08 Å². The number of nitrogen functional groups attached to an aromatic ring is 1. The molecule has 3 heterocycles. The van der Waals surface area contributed by atoms with Crippen LogP contribution in [0.3, 0.4) is 0 Å². The van der Waals surface area contributed by atoms with Crippen LogP contribution >= 0.6 is 35.5 Å². The number of thiazole rings is 1. The number of β-lactam (4-membered cyclic amide) rings is 1. The Hall–Kier alpha value is -3.10. The van der Waals surface area contributed by atoms with Crippen LogP contribution in [0.2, 0.25) is 0 Å². The predicted octanol–water partition coefficient (Wildman–Crippen LogP) is 0.0538. The zero-order chi connectivity index (χ0) is 23.3. The van der Waals surface area contributed by atoms with Gasteiger partial charge >= 0.3 is 11.9 Å². The van der Waals surface area contributed by atoms with E-state index in [9.17, 15) is 19.2 Å². The highest BCUT2D eigenvalue weighted by atomic mass is 35.5. The van der Waals surface area contributed by atoms with Crippen LogP contribution in [0.15, 0.2) is 34.5 Å². The van der Waals surface area contributed by atoms with Crippen molar-refractivity contribution in [3.63, 3.8) is 0 Å². The van der Waals surface area contributed by atoms with Gasteiger partial charge in [-0.15, -0.1) is 35.5 Å². The number of fused-ring (bicyclic) bond motifs is 1. The Morgan fingerprint density at radius 2 is 2.15 bits per heavy atom. The molecule has 15 heteroatoms. The molecule has 1 fully saturated rings. The standard InChI is InChI=1S/C18H19N5O7S2.ClH/c1-28-11(24)4-3-5-30-17(27)9-6-23-15(26)13(16(23)31-7-9)21-14(25)12(22-29-2)10-8-32-18(19)20-10;/h3-4,6,8,13,16H,5,7H2,1-2H3,(H2,19,20)(H,21,25);1H/t13?,16-;/m1./s1. The minimum absolute atomic E-state index is 0. The van der Waals surface area contributed by atoms with E-state index in [0.29, 0.717) is 0 Å². The first-order valence-electron chi connectivity index (χ1n) is 9.05. The Morgan fingerprint density at radius 1 is 1.39 bits per heavy atom. The maximum Gasteiger partial charge on any atom is 0.336 e. The van der Waals surface area contributed by atoms with Gasteiger partial charge in [0.1, 0.15) is 30.8 Å². The van der Waals surface area contributed by atoms with Gasteiger partial charge in [-0.3, -0.25) is 9.59 Å². The summed E-state index contributed by atoms with van der Waals surface area (Å²) in [5, 5.41) is 7.74. The highest BCUT2D eigenvalue weighted by Crippen LogP contribution is 2.36. The molecule has 33 heavy (non-hydrogen) atoms. The SMILES string of the molecule is CON=C(C(=O)NC1C(=O)N2C=C(C(=O)OCC=CC(=O)OC)CS[C@H]12)c1csc(N)n1.Cl. The van der Waals surface area contributed by atoms with Crippen molar-refractivity contribution in [3.05, 3.63) is 35.0 Å². The number of oxime groups is 1. The molecule has 0 radical (unpaired) electrons. The fourth-order valence-corrected chi connectivity index (χ4v) is 4.55. The van der Waals surface area contributed by atoms with Crippen molar-refractivity contribution < 1.29 is 33.5 Å². The number of esters is 2. The first kappa shape index (κ1) is 26.2. The van der Waals surface area contributed by atoms with Gasteiger partial charge in [0, 0.05) is 23.4 Å². The van der Waals surface area contributed by atoms with Gasteiger partial charge in [-0.1, -0.05) is 5.16 Å². The molecule has 0 spiro atoms. The quantitative estimate of drug-likeness (QED) is 0.158. The smallest absolute Gasteiger partial charge is 0.336 e. The van der Waals surface area contributed by atoms with Crippen LogP contribution in [-0.4, -0.2) is 77.3 Å². The van der Waals surface area contributed by atoms with E-state index in [1.54, 1.807) is 5.38 Å². The Bertz CT molecular complexity index is 1030. The molecule has 1 unspecified atom stereocenters. The number of thioether (sulfide) groups is 1. The van der Waals surface area contributed by atoms with Crippen molar-refractivity contribution in [2.75, 3.05) is 32.3 Å². The molecular weight excluding hydrogens is 498 g/mol. The minimum atomic E-state index is -0.803. The van der Waals surface area contributed by atoms with E-state index in [2.05, 4.69) is 20.2 Å². The number of carbonyl (C=O) groups is 4. The van der Waals surface area contributed by atoms with Crippen LogP contribution in [0.1, 0.15) is 5.69 Å². The maximum absolute atomic E-state index is 12.6. The van der Waals surface area contributed by atoms with E-state index in [1.807, 2.05) is 0 Å². The second-order valence-electron chi connectivity index (χ2n) is 6.27. The third-order valence-corrected chi connectivity index (χ3v) is 6.25. The first-order chi connectivity index (χ1) is 15.3. The number of amides is 2. The molecule has 1 aromatic rings. The predicted molar refractivity (Wildman–Crippen MR) is 123 cm³/mol. The highest BCUT2D eigenvalue weighted by Gasteiger charge is 2.50. The molecule has 0 aromatic carbocycles. The van der Waals surface area contributed by atoms with Crippen molar-refractivity contribution >= 4 is 70.1 Å². The molecule has 0 bridgehead atoms. The molecule has 3 rings (SSSR count). The van der Waals surface area contributed by atoms with Crippen LogP contribution < -0.4 is 11.1 Å². The third kappa shape index (κ3) is 6.03. The van der Waals surface area contributed by atoms with Crippen LogP contribution in [0.5, 0.6) is 0 Å². The highest BCUT2D eigenvalue weighted by molar-refractivity contribution is 8.00. The third-order valence-electron chi connectivity index (χ3n) is 4.26. The molecule has 2 aliphatic heterocycles. The lowest BCUT2D eigenvalue weighted by Gasteiger charge is -2.47. The summed E-state index contributed by atoms with van der Waals surface area (Å²) in [5.74, 6) is -1.92. The number of nitrogens with zero attached hydrogens (tertiary/aromatic N) is 3. The lowest BCUT2D eigenvalue weighted by molar-refractivity contribution is -0.144. The summed E-state index contributed by atoms with van der Waals surface area (Å²) < 4.78 is 9.48. The summed E-state index contributed by atoms with van der Waals surface area (Å²) in [4.78, 5) is 58.4. The minimum Gasteiger partial charge on any atom is -0.466 e. The summed E-state index contributed by atoms with van der Waals surface area (Å²) in [6.45, 7) is -0.116. The number of ether oxygens (including phenoxy) is 2. The molecule has 0 aliphatic carbocycles. The van der Waals surface area contributed by atoms with Gasteiger partial charge in [0.25, 0.3) is 11.8 Å². The number of aromatic nitrogens is 1. The monoisotopic (exact) mass is 517 g/mol. The Morgan fingerprint density at radius 3 is 2.79 bits per heavy atom. The van der Waals surface area contributed by atoms with Gasteiger partial charge < -0.3 is 30.3 Å². The van der Waals surface area contributed by atoms with Crippen LogP contribution in [-0.2, 0) is 33.5 Å². The van der Waals surface area contributed by atoms with E-state index in [-0.39, 0.29) is 58.2 Å². The van der Waals surface area contributed by atoms with Crippen molar-refractivity contribution in [1.29, 1.82) is 0 Å². The second kappa shape index (κ2) is 11.7. The van der Waals surface area contributed by atoms with Gasteiger partial charge in [-0.25, -0.2) is 14.6 Å². The number of nitrogens with two attached hydrogens (primary N) is 1. The van der Waals surface area contributed by atoms with Crippen molar-refractivity contribution in [2.45, 2.75) is 11.4 Å². The molecule has 1 aromatic heterocycles. The van der Waals surface area contributed by atoms with Crippen LogP contribution in [0, 0.1) is 0 Å². The van der Waals surface area contributed by atoms with Gasteiger partial charge in [-0.2, -0.15) is 0 Å². The number of halogens is 1. The average molecular weight is 518 g/mol. The zero-order valence-corrected chi connectivity index (χ0v) is 19.8. The van der Waals surface area contributed by atoms with Crippen LogP contribution in [0.25, 0.3) is 0 Å². The lowest BCUT2D eigenvalue weighted by Crippen LogP contribution is -2.69. The lowest BCUT2D eigenvalue weighted by atomic mass is 10.1. The zero-order valence-electron chi connectivity index (χ0n) is 17.4. The van der Waals surface area contributed by atoms with E-state index in [4.69, 9.17) is 15.3 Å². The normalized spacial score (nSPS) is 19.6. The number of nitrogens with one attached hydrogen (secondary N) is 1. The number of anilines is 1. The Balaban J connectivity index is 0.00000385. The largest absolute Gasteiger partial charge is 0.466 e. The molecule has 0 saturated carbocycles. The molecule has 2 amide bonds. The molecule has 12 nitrogen and oxygen atoms in total. The van der Waals surface area contributed by atoms with Crippen molar-refractivity contribution in [1.82, 2.24) is 15.2 Å². The summed E-state index contributed by atoms with van der Waals surface area (Å²) >= 11 is 2.44. The summed E-state index contributed by atoms with van der Waals surface area (Å²) in [7, 11) is 2.52. The second-order valence-corrected chi connectivity index (χ2v) is 8.26. The molecule has 1 saturated heterocycles. The fourth-order valence-electron chi connectivity index (χ4n) is 2.76. The topological polar surface area (TPSA) is 163 Å². The van der Waals surface area contributed by atoms with E-state index in [1.165, 1.54) is 43.2 Å². The van der Waals surface area contributed by atoms with Gasteiger partial charge in [0.15, 0.2) is 10.8 Å². The summed E-state index contributed by atoms with van der Waals surface area (Å²) in [5.41, 5.74) is 6.02. The Kier molecular flexibility index (Phi) is 9.25. The Labute approximate surface area is 202 Å². The summed E-state index contributed by atoms with van der Waals surface area (Å²) in [6, 6.07) is -0.803. The van der Waals surface area contributed by atoms with E-state index >= 15 is 0 Å². The molecule has 3 N–H and O–H groups in total. The number of rotatable bonds is 8. The van der Waals surface area contributed by atoms with E-state index < -0.39 is 23.9 Å². The number of hydrogen-bond donors (Lipinski definition) is 2. The van der Waals surface area contributed by atoms with Gasteiger partial charge in [0.2, 0.25) is 0 Å². The number of hydrogen-bond acceptors (Lipinski definition) is 12. The van der Waals surface area contributed by atoms with Crippen molar-refractivity contribution in [3.8, 4) is 0 Å². The van der Waals surface area contributed by atoms with Gasteiger partial charge in [0.05, 0.1) is 12.7 Å². The molecule has 2 aliphatic rings. The van der Waals surface area contributed by atoms with Crippen LogP contribution in [0.4, 0.5) is 5.13 Å². The number of methoxy groups -OCH3 is 1. The fraction of sp³-hybridized carbons (Fsp3) is 0.333. The molecule has 2 atom stereocenters. The first-order valence-corrected chi connectivity index (χ1v) is 11.0. The number of carbonyl (C=O) groups excluding carboxylic acids is 4. The molecule has 178 valence electrons. The average Bonchev–Trinajstić information content (AvgIpc) is 3.23.